The SMILES string of the molecule is CC(CCl)/C(=C(/c1ccccc1)c1ccc(OCCN(C)C)cc1)c1ccccc1. The molecule has 0 spiro atoms. The molecule has 0 radical (unpaired) electrons. The molecule has 1 atom stereocenters. The van der Waals surface area contributed by atoms with Crippen LogP contribution < -0.4 is 4.74 Å². The first kappa shape index (κ1) is 22.1. The van der Waals surface area contributed by atoms with E-state index < -0.39 is 0 Å². The Kier molecular flexibility index (Phi) is 8.12. The number of likely N-dealkylation sites (N-methyl/N-ethyl adjacent to an activating group) is 1. The summed E-state index contributed by atoms with van der Waals surface area (Å²) in [6, 6.07) is 29.5. The van der Waals surface area contributed by atoms with Crippen molar-refractivity contribution in [2.75, 3.05) is 33.1 Å². The molecule has 0 fully saturated rings. The summed E-state index contributed by atoms with van der Waals surface area (Å²) in [7, 11) is 4.10. The molecule has 0 aliphatic carbocycles. The summed E-state index contributed by atoms with van der Waals surface area (Å²) < 4.78 is 5.89. The average molecular weight is 420 g/mol. The van der Waals surface area contributed by atoms with Crippen LogP contribution in [0.3, 0.4) is 0 Å². The van der Waals surface area contributed by atoms with Gasteiger partial charge in [-0.1, -0.05) is 79.7 Å². The zero-order chi connectivity index (χ0) is 21.3. The van der Waals surface area contributed by atoms with E-state index in [-0.39, 0.29) is 5.92 Å². The molecule has 0 bridgehead atoms. The van der Waals surface area contributed by atoms with Gasteiger partial charge in [0.25, 0.3) is 0 Å². The Labute approximate surface area is 185 Å². The zero-order valence-corrected chi connectivity index (χ0v) is 18.8. The van der Waals surface area contributed by atoms with Crippen LogP contribution in [0.25, 0.3) is 11.1 Å². The van der Waals surface area contributed by atoms with Gasteiger partial charge >= 0.3 is 0 Å². The summed E-state index contributed by atoms with van der Waals surface area (Å²) in [6.45, 7) is 3.76. The molecule has 3 aromatic carbocycles. The summed E-state index contributed by atoms with van der Waals surface area (Å²) in [4.78, 5) is 2.12. The summed E-state index contributed by atoms with van der Waals surface area (Å²) in [5.41, 5.74) is 6.04. The van der Waals surface area contributed by atoms with Gasteiger partial charge in [0.05, 0.1) is 0 Å². The van der Waals surface area contributed by atoms with Crippen molar-refractivity contribution in [2.45, 2.75) is 6.92 Å². The van der Waals surface area contributed by atoms with Crippen LogP contribution >= 0.6 is 11.6 Å². The first-order valence-corrected chi connectivity index (χ1v) is 10.9. The summed E-state index contributed by atoms with van der Waals surface area (Å²) in [5.74, 6) is 1.66. The maximum absolute atomic E-state index is 6.37. The van der Waals surface area contributed by atoms with Gasteiger partial charge < -0.3 is 9.64 Å². The maximum atomic E-state index is 6.37. The number of alkyl halides is 1. The lowest BCUT2D eigenvalue weighted by molar-refractivity contribution is 0.261. The van der Waals surface area contributed by atoms with Crippen LogP contribution in [0, 0.1) is 5.92 Å². The second kappa shape index (κ2) is 11.0. The lowest BCUT2D eigenvalue weighted by Crippen LogP contribution is -2.19. The molecule has 1 unspecified atom stereocenters. The molecule has 0 saturated heterocycles. The summed E-state index contributed by atoms with van der Waals surface area (Å²) in [6.07, 6.45) is 0. The zero-order valence-electron chi connectivity index (χ0n) is 18.0. The van der Waals surface area contributed by atoms with Gasteiger partial charge in [0.2, 0.25) is 0 Å². The van der Waals surface area contributed by atoms with Crippen molar-refractivity contribution in [3.05, 3.63) is 102 Å². The molecule has 0 aliphatic heterocycles. The Morgan fingerprint density at radius 1 is 0.800 bits per heavy atom. The number of hydrogen-bond donors (Lipinski definition) is 0. The second-order valence-electron chi connectivity index (χ2n) is 7.75. The molecule has 0 heterocycles. The quantitative estimate of drug-likeness (QED) is 0.291. The van der Waals surface area contributed by atoms with Gasteiger partial charge in [-0.05, 0) is 60.0 Å². The van der Waals surface area contributed by atoms with Crippen molar-refractivity contribution in [1.29, 1.82) is 0 Å². The largest absolute Gasteiger partial charge is 0.492 e. The van der Waals surface area contributed by atoms with Gasteiger partial charge in [0, 0.05) is 12.4 Å². The van der Waals surface area contributed by atoms with E-state index in [0.29, 0.717) is 12.5 Å². The topological polar surface area (TPSA) is 12.5 Å². The number of benzene rings is 3. The fourth-order valence-corrected chi connectivity index (χ4v) is 3.67. The van der Waals surface area contributed by atoms with Gasteiger partial charge in [-0.15, -0.1) is 11.6 Å². The molecule has 3 rings (SSSR count). The highest BCUT2D eigenvalue weighted by atomic mass is 35.5. The number of rotatable bonds is 9. The fraction of sp³-hybridized carbons (Fsp3) is 0.259. The predicted molar refractivity (Wildman–Crippen MR) is 129 cm³/mol. The molecule has 0 aromatic heterocycles. The van der Waals surface area contributed by atoms with E-state index in [1.807, 2.05) is 14.1 Å². The van der Waals surface area contributed by atoms with Gasteiger partial charge in [0.15, 0.2) is 0 Å². The molecule has 156 valence electrons. The Balaban J connectivity index is 2.08. The molecule has 3 aromatic rings. The third kappa shape index (κ3) is 5.75. The third-order valence-corrected chi connectivity index (χ3v) is 5.55. The minimum atomic E-state index is 0.209. The molecule has 0 N–H and O–H groups in total. The van der Waals surface area contributed by atoms with E-state index in [0.717, 1.165) is 17.9 Å². The third-order valence-electron chi connectivity index (χ3n) is 5.09. The summed E-state index contributed by atoms with van der Waals surface area (Å²) >= 11 is 6.37. The molecular weight excluding hydrogens is 390 g/mol. The molecule has 0 saturated carbocycles. The van der Waals surface area contributed by atoms with Crippen LogP contribution in [-0.2, 0) is 0 Å². The van der Waals surface area contributed by atoms with E-state index in [2.05, 4.69) is 96.8 Å². The fourth-order valence-electron chi connectivity index (χ4n) is 3.52. The highest BCUT2D eigenvalue weighted by Gasteiger charge is 2.19. The number of halogens is 1. The Bertz CT molecular complexity index is 934. The van der Waals surface area contributed by atoms with Crippen molar-refractivity contribution >= 4 is 22.7 Å². The van der Waals surface area contributed by atoms with Crippen LogP contribution in [-0.4, -0.2) is 38.0 Å². The standard InChI is InChI=1S/C27H30ClNO/c1-21(20-28)26(22-10-6-4-7-11-22)27(23-12-8-5-9-13-23)24-14-16-25(17-15-24)30-19-18-29(2)3/h4-17,21H,18-20H2,1-3H3/b27-26+. The number of allylic oxidation sites excluding steroid dienone is 1. The molecule has 0 amide bonds. The minimum absolute atomic E-state index is 0.209. The van der Waals surface area contributed by atoms with Crippen molar-refractivity contribution in [1.82, 2.24) is 4.90 Å². The average Bonchev–Trinajstić information content (AvgIpc) is 2.78. The minimum Gasteiger partial charge on any atom is -0.492 e. The molecule has 0 aliphatic rings. The Morgan fingerprint density at radius 2 is 1.33 bits per heavy atom. The van der Waals surface area contributed by atoms with Gasteiger partial charge in [-0.2, -0.15) is 0 Å². The molecular formula is C27H30ClNO. The smallest absolute Gasteiger partial charge is 0.119 e. The van der Waals surface area contributed by atoms with E-state index in [4.69, 9.17) is 16.3 Å². The number of nitrogens with zero attached hydrogens (tertiary/aromatic N) is 1. The normalized spacial score (nSPS) is 13.1. The Hall–Kier alpha value is -2.55. The first-order valence-electron chi connectivity index (χ1n) is 10.4. The van der Waals surface area contributed by atoms with Crippen LogP contribution in [0.5, 0.6) is 5.75 Å². The van der Waals surface area contributed by atoms with E-state index in [1.165, 1.54) is 22.3 Å². The predicted octanol–water partition coefficient (Wildman–Crippen LogP) is 6.46. The molecule has 2 nitrogen and oxygen atoms in total. The number of hydrogen-bond acceptors (Lipinski definition) is 2. The van der Waals surface area contributed by atoms with Gasteiger partial charge in [-0.25, -0.2) is 0 Å². The highest BCUT2D eigenvalue weighted by Crippen LogP contribution is 2.37. The van der Waals surface area contributed by atoms with Crippen molar-refractivity contribution < 1.29 is 4.74 Å². The van der Waals surface area contributed by atoms with Crippen molar-refractivity contribution in [3.8, 4) is 5.75 Å². The molecule has 30 heavy (non-hydrogen) atoms. The highest BCUT2D eigenvalue weighted by molar-refractivity contribution is 6.19. The maximum Gasteiger partial charge on any atom is 0.119 e. The Morgan fingerprint density at radius 3 is 1.87 bits per heavy atom. The first-order chi connectivity index (χ1) is 14.6. The van der Waals surface area contributed by atoms with Gasteiger partial charge in [-0.3, -0.25) is 0 Å². The van der Waals surface area contributed by atoms with Crippen LogP contribution in [0.4, 0.5) is 0 Å². The molecule has 3 heteroatoms. The van der Waals surface area contributed by atoms with Crippen molar-refractivity contribution in [3.63, 3.8) is 0 Å². The van der Waals surface area contributed by atoms with E-state index in [9.17, 15) is 0 Å². The lowest BCUT2D eigenvalue weighted by Gasteiger charge is -2.21. The summed E-state index contributed by atoms with van der Waals surface area (Å²) in [5, 5.41) is 0. The van der Waals surface area contributed by atoms with E-state index in [1.54, 1.807) is 0 Å². The lowest BCUT2D eigenvalue weighted by atomic mass is 9.84. The van der Waals surface area contributed by atoms with Crippen LogP contribution in [0.2, 0.25) is 0 Å². The van der Waals surface area contributed by atoms with Crippen LogP contribution in [0.15, 0.2) is 84.9 Å². The van der Waals surface area contributed by atoms with E-state index >= 15 is 0 Å². The number of ether oxygens (including phenoxy) is 1. The van der Waals surface area contributed by atoms with Gasteiger partial charge in [0.1, 0.15) is 12.4 Å². The second-order valence-corrected chi connectivity index (χ2v) is 8.06. The van der Waals surface area contributed by atoms with Crippen LogP contribution in [0.1, 0.15) is 23.6 Å². The van der Waals surface area contributed by atoms with Crippen molar-refractivity contribution in [2.24, 2.45) is 5.92 Å². The monoisotopic (exact) mass is 419 g/mol.